The van der Waals surface area contributed by atoms with Crippen molar-refractivity contribution in [1.29, 1.82) is 0 Å². The summed E-state index contributed by atoms with van der Waals surface area (Å²) in [4.78, 5) is 17.3. The molecule has 0 amide bonds. The summed E-state index contributed by atoms with van der Waals surface area (Å²) in [6.45, 7) is -2.27. The van der Waals surface area contributed by atoms with E-state index in [0.717, 1.165) is 30.3 Å². The minimum absolute atomic E-state index is 0.108. The fourth-order valence-electron chi connectivity index (χ4n) is 2.64. The summed E-state index contributed by atoms with van der Waals surface area (Å²) < 4.78 is 31.2. The normalized spacial score (nSPS) is 16.2. The van der Waals surface area contributed by atoms with Crippen LogP contribution in [0.5, 0.6) is 0 Å². The van der Waals surface area contributed by atoms with Crippen LogP contribution in [0.25, 0.3) is 0 Å². The second-order valence-electron chi connectivity index (χ2n) is 4.95. The van der Waals surface area contributed by atoms with Crippen molar-refractivity contribution in [3.63, 3.8) is 0 Å². The number of halogens is 2. The molecule has 20 heavy (non-hydrogen) atoms. The van der Waals surface area contributed by atoms with Crippen molar-refractivity contribution < 1.29 is 18.3 Å². The van der Waals surface area contributed by atoms with E-state index < -0.39 is 6.55 Å². The van der Waals surface area contributed by atoms with E-state index in [1.54, 1.807) is 0 Å². The quantitative estimate of drug-likeness (QED) is 0.753. The number of imidazole rings is 1. The second kappa shape index (κ2) is 6.78. The van der Waals surface area contributed by atoms with Crippen LogP contribution in [0.4, 0.5) is 8.78 Å². The Kier molecular flexibility index (Phi) is 5.05. The number of rotatable bonds is 6. The molecule has 5 nitrogen and oxygen atoms in total. The Morgan fingerprint density at radius 2 is 2.25 bits per heavy atom. The lowest BCUT2D eigenvalue weighted by molar-refractivity contribution is -0.142. The number of nitrogens with zero attached hydrogens (tertiary/aromatic N) is 3. The van der Waals surface area contributed by atoms with Gasteiger partial charge >= 0.3 is 12.5 Å². The minimum Gasteiger partial charge on any atom is -0.468 e. The monoisotopic (exact) mass is 287 g/mol. The van der Waals surface area contributed by atoms with Crippen LogP contribution in [0.2, 0.25) is 0 Å². The lowest BCUT2D eigenvalue weighted by Crippen LogP contribution is -2.38. The summed E-state index contributed by atoms with van der Waals surface area (Å²) >= 11 is 0. The molecule has 0 N–H and O–H groups in total. The zero-order valence-electron chi connectivity index (χ0n) is 11.5. The topological polar surface area (TPSA) is 47.4 Å². The molecule has 0 aliphatic heterocycles. The molecule has 1 aromatic rings. The summed E-state index contributed by atoms with van der Waals surface area (Å²) in [6.07, 6.45) is 6.77. The minimum atomic E-state index is -2.61. The Bertz CT molecular complexity index is 445. The molecule has 1 heterocycles. The molecule has 0 spiro atoms. The van der Waals surface area contributed by atoms with E-state index in [9.17, 15) is 13.6 Å². The first-order chi connectivity index (χ1) is 9.61. The highest BCUT2D eigenvalue weighted by molar-refractivity contribution is 5.71. The van der Waals surface area contributed by atoms with Gasteiger partial charge in [0.1, 0.15) is 5.82 Å². The molecule has 1 fully saturated rings. The molecule has 0 unspecified atom stereocenters. The molecule has 1 aliphatic carbocycles. The Morgan fingerprint density at radius 3 is 2.85 bits per heavy atom. The number of carbonyl (C=O) groups is 1. The van der Waals surface area contributed by atoms with E-state index in [-0.39, 0.29) is 30.9 Å². The number of carbonyl (C=O) groups excluding carboxylic acids is 1. The second-order valence-corrected chi connectivity index (χ2v) is 4.95. The van der Waals surface area contributed by atoms with Crippen LogP contribution in [-0.4, -0.2) is 40.1 Å². The fraction of sp³-hybridized carbons (Fsp3) is 0.692. The van der Waals surface area contributed by atoms with Gasteiger partial charge in [0, 0.05) is 18.4 Å². The standard InChI is InChI=1S/C13H19F2N3O2/c1-20-12(19)9-17(10-4-2-3-5-10)8-11-16-6-7-18(11)13(14)15/h6-7,10,13H,2-5,8-9H2,1H3. The van der Waals surface area contributed by atoms with Crippen molar-refractivity contribution in [2.45, 2.75) is 44.8 Å². The maximum Gasteiger partial charge on any atom is 0.319 e. The van der Waals surface area contributed by atoms with Crippen LogP contribution in [-0.2, 0) is 16.1 Å². The fourth-order valence-corrected chi connectivity index (χ4v) is 2.64. The van der Waals surface area contributed by atoms with Crippen molar-refractivity contribution >= 4 is 5.97 Å². The van der Waals surface area contributed by atoms with Gasteiger partial charge in [-0.15, -0.1) is 0 Å². The van der Waals surface area contributed by atoms with E-state index in [4.69, 9.17) is 0 Å². The molecule has 0 atom stereocenters. The number of hydrogen-bond donors (Lipinski definition) is 0. The van der Waals surface area contributed by atoms with Crippen LogP contribution in [0, 0.1) is 0 Å². The van der Waals surface area contributed by atoms with E-state index in [0.29, 0.717) is 0 Å². The van der Waals surface area contributed by atoms with Crippen LogP contribution in [0.1, 0.15) is 38.1 Å². The molecule has 0 aromatic carbocycles. The Morgan fingerprint density at radius 1 is 1.55 bits per heavy atom. The number of aromatic nitrogens is 2. The van der Waals surface area contributed by atoms with Gasteiger partial charge in [-0.05, 0) is 12.8 Å². The van der Waals surface area contributed by atoms with E-state index >= 15 is 0 Å². The van der Waals surface area contributed by atoms with Crippen molar-refractivity contribution in [2.24, 2.45) is 0 Å². The maximum absolute atomic E-state index is 12.8. The maximum atomic E-state index is 12.8. The Hall–Kier alpha value is -1.50. The first-order valence-electron chi connectivity index (χ1n) is 6.72. The number of esters is 1. The highest BCUT2D eigenvalue weighted by atomic mass is 19.3. The van der Waals surface area contributed by atoms with Gasteiger partial charge in [0.15, 0.2) is 0 Å². The third-order valence-corrected chi connectivity index (χ3v) is 3.70. The Balaban J connectivity index is 2.09. The summed E-state index contributed by atoms with van der Waals surface area (Å²) in [6, 6.07) is 0.233. The van der Waals surface area contributed by atoms with Gasteiger partial charge < -0.3 is 4.74 Å². The molecule has 1 saturated carbocycles. The SMILES string of the molecule is COC(=O)CN(Cc1nccn1C(F)F)C1CCCC1. The van der Waals surface area contributed by atoms with Gasteiger partial charge in [-0.3, -0.25) is 14.3 Å². The number of hydrogen-bond acceptors (Lipinski definition) is 4. The average Bonchev–Trinajstić information content (AvgIpc) is 3.08. The largest absolute Gasteiger partial charge is 0.468 e. The highest BCUT2D eigenvalue weighted by Crippen LogP contribution is 2.25. The smallest absolute Gasteiger partial charge is 0.319 e. The lowest BCUT2D eigenvalue weighted by Gasteiger charge is -2.27. The predicted octanol–water partition coefficient (Wildman–Crippen LogP) is 2.20. The lowest BCUT2D eigenvalue weighted by atomic mass is 10.2. The molecular weight excluding hydrogens is 268 g/mol. The average molecular weight is 287 g/mol. The van der Waals surface area contributed by atoms with Crippen molar-refractivity contribution in [2.75, 3.05) is 13.7 Å². The van der Waals surface area contributed by atoms with Crippen molar-refractivity contribution in [3.8, 4) is 0 Å². The van der Waals surface area contributed by atoms with Crippen LogP contribution >= 0.6 is 0 Å². The number of ether oxygens (including phenoxy) is 1. The molecule has 112 valence electrons. The Labute approximate surface area is 116 Å². The molecule has 1 aromatic heterocycles. The number of alkyl halides is 2. The van der Waals surface area contributed by atoms with Crippen LogP contribution in [0.15, 0.2) is 12.4 Å². The molecular formula is C13H19F2N3O2. The van der Waals surface area contributed by atoms with Crippen LogP contribution < -0.4 is 0 Å². The summed E-state index contributed by atoms with van der Waals surface area (Å²) in [7, 11) is 1.33. The predicted molar refractivity (Wildman–Crippen MR) is 68.2 cm³/mol. The van der Waals surface area contributed by atoms with E-state index in [2.05, 4.69) is 9.72 Å². The van der Waals surface area contributed by atoms with E-state index in [1.165, 1.54) is 19.5 Å². The zero-order valence-corrected chi connectivity index (χ0v) is 11.5. The summed E-state index contributed by atoms with van der Waals surface area (Å²) in [5, 5.41) is 0. The van der Waals surface area contributed by atoms with Gasteiger partial charge in [0.25, 0.3) is 0 Å². The molecule has 2 rings (SSSR count). The summed E-state index contributed by atoms with van der Waals surface area (Å²) in [5.74, 6) is -0.0807. The van der Waals surface area contributed by atoms with Crippen molar-refractivity contribution in [1.82, 2.24) is 14.5 Å². The molecule has 7 heteroatoms. The first-order valence-corrected chi connectivity index (χ1v) is 6.72. The van der Waals surface area contributed by atoms with Crippen LogP contribution in [0.3, 0.4) is 0 Å². The highest BCUT2D eigenvalue weighted by Gasteiger charge is 2.26. The zero-order chi connectivity index (χ0) is 14.5. The third kappa shape index (κ3) is 3.53. The third-order valence-electron chi connectivity index (χ3n) is 3.70. The first kappa shape index (κ1) is 14.9. The van der Waals surface area contributed by atoms with Gasteiger partial charge in [-0.25, -0.2) is 4.98 Å². The van der Waals surface area contributed by atoms with Gasteiger partial charge in [0.05, 0.1) is 20.2 Å². The van der Waals surface area contributed by atoms with Gasteiger partial charge in [-0.1, -0.05) is 12.8 Å². The van der Waals surface area contributed by atoms with Crippen molar-refractivity contribution in [3.05, 3.63) is 18.2 Å². The molecule has 0 saturated heterocycles. The summed E-state index contributed by atoms with van der Waals surface area (Å²) in [5.41, 5.74) is 0. The molecule has 0 bridgehead atoms. The van der Waals surface area contributed by atoms with Gasteiger partial charge in [0.2, 0.25) is 0 Å². The molecule has 1 aliphatic rings. The number of methoxy groups -OCH3 is 1. The van der Waals surface area contributed by atoms with E-state index in [1.807, 2.05) is 4.90 Å². The molecule has 0 radical (unpaired) electrons. The van der Waals surface area contributed by atoms with Gasteiger partial charge in [-0.2, -0.15) is 8.78 Å².